The zero-order valence-electron chi connectivity index (χ0n) is 12.1. The Morgan fingerprint density at radius 1 is 1.24 bits per heavy atom. The number of rotatable bonds is 4. The number of aryl methyl sites for hydroxylation is 1. The van der Waals surface area contributed by atoms with Crippen LogP contribution < -0.4 is 5.32 Å². The van der Waals surface area contributed by atoms with Gasteiger partial charge in [0, 0.05) is 18.9 Å². The molecule has 0 saturated carbocycles. The normalized spacial score (nSPS) is 11.2. The highest BCUT2D eigenvalue weighted by molar-refractivity contribution is 6.02. The molecule has 0 saturated heterocycles. The van der Waals surface area contributed by atoms with E-state index in [2.05, 4.69) is 10.3 Å². The molecule has 0 spiro atoms. The summed E-state index contributed by atoms with van der Waals surface area (Å²) in [5, 5.41) is 11.9. The zero-order chi connectivity index (χ0) is 15.6. The molecule has 1 amide bonds. The maximum atomic E-state index is 11.9. The van der Waals surface area contributed by atoms with Crippen molar-refractivity contribution >= 4 is 17.6 Å². The first-order chi connectivity index (χ1) is 9.80. The predicted octanol–water partition coefficient (Wildman–Crippen LogP) is 2.03. The molecule has 1 aromatic carbocycles. The molecule has 1 aromatic heterocycles. The lowest BCUT2D eigenvalue weighted by Crippen LogP contribution is -2.28. The second-order valence-corrected chi connectivity index (χ2v) is 5.39. The number of hydrogen-bond acceptors (Lipinski definition) is 3. The fourth-order valence-electron chi connectivity index (χ4n) is 1.82. The first-order valence-electron chi connectivity index (χ1n) is 6.44. The molecule has 2 N–H and O–H groups in total. The number of hydrogen-bond donors (Lipinski definition) is 2. The highest BCUT2D eigenvalue weighted by Gasteiger charge is 2.29. The van der Waals surface area contributed by atoms with Crippen LogP contribution in [-0.2, 0) is 17.3 Å². The standard InChI is InChI=1S/C15H17N3O3/c1-15(2,14(20)21)10-4-6-11(7-5-10)17-13(19)12-8-18(3)9-16-12/h4-9H,1-3H3,(H,17,19)(H,20,21). The van der Waals surface area contributed by atoms with E-state index >= 15 is 0 Å². The SMILES string of the molecule is Cn1cnc(C(=O)Nc2ccc(C(C)(C)C(=O)O)cc2)c1. The van der Waals surface area contributed by atoms with Crippen molar-refractivity contribution < 1.29 is 14.7 Å². The average Bonchev–Trinajstić information content (AvgIpc) is 2.86. The Morgan fingerprint density at radius 2 is 1.86 bits per heavy atom. The van der Waals surface area contributed by atoms with Crippen LogP contribution in [0.1, 0.15) is 29.9 Å². The van der Waals surface area contributed by atoms with E-state index < -0.39 is 11.4 Å². The number of benzene rings is 1. The van der Waals surface area contributed by atoms with Gasteiger partial charge in [-0.15, -0.1) is 0 Å². The molecule has 110 valence electrons. The second-order valence-electron chi connectivity index (χ2n) is 5.39. The topological polar surface area (TPSA) is 84.2 Å². The molecule has 0 aliphatic carbocycles. The Hall–Kier alpha value is -2.63. The van der Waals surface area contributed by atoms with E-state index in [0.717, 1.165) is 0 Å². The minimum atomic E-state index is -0.969. The van der Waals surface area contributed by atoms with Crippen LogP contribution in [0, 0.1) is 0 Å². The molecule has 6 nitrogen and oxygen atoms in total. The van der Waals surface area contributed by atoms with Gasteiger partial charge in [0.1, 0.15) is 5.69 Å². The molecule has 0 atom stereocenters. The number of carbonyl (C=O) groups is 2. The van der Waals surface area contributed by atoms with Gasteiger partial charge in [-0.2, -0.15) is 0 Å². The third-order valence-corrected chi connectivity index (χ3v) is 3.34. The van der Waals surface area contributed by atoms with Crippen molar-refractivity contribution in [3.63, 3.8) is 0 Å². The summed E-state index contributed by atoms with van der Waals surface area (Å²) >= 11 is 0. The van der Waals surface area contributed by atoms with Crippen molar-refractivity contribution in [3.05, 3.63) is 48.0 Å². The van der Waals surface area contributed by atoms with Gasteiger partial charge >= 0.3 is 5.97 Å². The molecule has 6 heteroatoms. The Kier molecular flexibility index (Phi) is 3.80. The number of nitrogens with one attached hydrogen (secondary N) is 1. The number of carboxylic acid groups (broad SMARTS) is 1. The average molecular weight is 287 g/mol. The monoisotopic (exact) mass is 287 g/mol. The molecule has 0 aliphatic rings. The predicted molar refractivity (Wildman–Crippen MR) is 78.3 cm³/mol. The van der Waals surface area contributed by atoms with E-state index in [1.165, 1.54) is 0 Å². The number of aromatic nitrogens is 2. The number of amides is 1. The molecule has 1 heterocycles. The summed E-state index contributed by atoms with van der Waals surface area (Å²) in [6.45, 7) is 3.27. The number of anilines is 1. The number of carboxylic acids is 1. The van der Waals surface area contributed by atoms with Crippen molar-refractivity contribution in [2.45, 2.75) is 19.3 Å². The molecule has 2 aromatic rings. The minimum absolute atomic E-state index is 0.305. The zero-order valence-corrected chi connectivity index (χ0v) is 12.1. The molecular formula is C15H17N3O3. The van der Waals surface area contributed by atoms with E-state index in [-0.39, 0.29) is 5.91 Å². The van der Waals surface area contributed by atoms with Gasteiger partial charge in [0.05, 0.1) is 11.7 Å². The van der Waals surface area contributed by atoms with Gasteiger partial charge in [0.25, 0.3) is 5.91 Å². The lowest BCUT2D eigenvalue weighted by atomic mass is 9.85. The van der Waals surface area contributed by atoms with Crippen LogP contribution in [-0.4, -0.2) is 26.5 Å². The van der Waals surface area contributed by atoms with Crippen molar-refractivity contribution in [1.82, 2.24) is 9.55 Å². The van der Waals surface area contributed by atoms with Gasteiger partial charge < -0.3 is 15.0 Å². The van der Waals surface area contributed by atoms with E-state index in [0.29, 0.717) is 16.9 Å². The molecule has 0 radical (unpaired) electrons. The maximum absolute atomic E-state index is 11.9. The van der Waals surface area contributed by atoms with E-state index in [4.69, 9.17) is 0 Å². The smallest absolute Gasteiger partial charge is 0.313 e. The largest absolute Gasteiger partial charge is 0.481 e. The number of nitrogens with zero attached hydrogens (tertiary/aromatic N) is 2. The lowest BCUT2D eigenvalue weighted by molar-refractivity contribution is -0.142. The van der Waals surface area contributed by atoms with Crippen LogP contribution in [0.3, 0.4) is 0 Å². The Bertz CT molecular complexity index is 672. The van der Waals surface area contributed by atoms with Crippen molar-refractivity contribution in [2.75, 3.05) is 5.32 Å². The highest BCUT2D eigenvalue weighted by atomic mass is 16.4. The van der Waals surface area contributed by atoms with Crippen LogP contribution in [0.15, 0.2) is 36.8 Å². The Morgan fingerprint density at radius 3 is 2.33 bits per heavy atom. The summed E-state index contributed by atoms with van der Waals surface area (Å²) in [5.41, 5.74) is 0.623. The molecule has 0 unspecified atom stereocenters. The van der Waals surface area contributed by atoms with Crippen LogP contribution >= 0.6 is 0 Å². The van der Waals surface area contributed by atoms with Crippen molar-refractivity contribution in [3.8, 4) is 0 Å². The fraction of sp³-hybridized carbons (Fsp3) is 0.267. The molecule has 2 rings (SSSR count). The lowest BCUT2D eigenvalue weighted by Gasteiger charge is -2.19. The third-order valence-electron chi connectivity index (χ3n) is 3.34. The minimum Gasteiger partial charge on any atom is -0.481 e. The van der Waals surface area contributed by atoms with Gasteiger partial charge in [-0.3, -0.25) is 9.59 Å². The fourth-order valence-corrected chi connectivity index (χ4v) is 1.82. The van der Waals surface area contributed by atoms with Gasteiger partial charge in [-0.1, -0.05) is 12.1 Å². The third kappa shape index (κ3) is 3.10. The molecule has 0 fully saturated rings. The van der Waals surface area contributed by atoms with Crippen molar-refractivity contribution in [1.29, 1.82) is 0 Å². The first kappa shape index (κ1) is 14.8. The second kappa shape index (κ2) is 5.40. The molecule has 0 aliphatic heterocycles. The summed E-state index contributed by atoms with van der Waals surface area (Å²) in [7, 11) is 1.78. The Balaban J connectivity index is 2.13. The number of carbonyl (C=O) groups excluding carboxylic acids is 1. The van der Waals surface area contributed by atoms with E-state index in [9.17, 15) is 14.7 Å². The van der Waals surface area contributed by atoms with Crippen LogP contribution in [0.5, 0.6) is 0 Å². The van der Waals surface area contributed by atoms with Crippen LogP contribution in [0.4, 0.5) is 5.69 Å². The summed E-state index contributed by atoms with van der Waals surface area (Å²) in [6, 6.07) is 6.76. The number of aliphatic carboxylic acids is 1. The quantitative estimate of drug-likeness (QED) is 0.901. The maximum Gasteiger partial charge on any atom is 0.313 e. The van der Waals surface area contributed by atoms with Gasteiger partial charge in [-0.25, -0.2) is 4.98 Å². The summed E-state index contributed by atoms with van der Waals surface area (Å²) in [6.07, 6.45) is 3.17. The molecular weight excluding hydrogens is 270 g/mol. The molecule has 21 heavy (non-hydrogen) atoms. The van der Waals surface area contributed by atoms with E-state index in [1.807, 2.05) is 0 Å². The number of imidazole rings is 1. The summed E-state index contributed by atoms with van der Waals surface area (Å²) < 4.78 is 1.69. The van der Waals surface area contributed by atoms with Gasteiger partial charge in [0.2, 0.25) is 0 Å². The van der Waals surface area contributed by atoms with E-state index in [1.54, 1.807) is 62.3 Å². The highest BCUT2D eigenvalue weighted by Crippen LogP contribution is 2.24. The van der Waals surface area contributed by atoms with Crippen LogP contribution in [0.25, 0.3) is 0 Å². The first-order valence-corrected chi connectivity index (χ1v) is 6.44. The van der Waals surface area contributed by atoms with Gasteiger partial charge in [-0.05, 0) is 31.5 Å². The van der Waals surface area contributed by atoms with Crippen molar-refractivity contribution in [2.24, 2.45) is 7.05 Å². The Labute approximate surface area is 122 Å². The molecule has 0 bridgehead atoms. The summed E-state index contributed by atoms with van der Waals surface area (Å²) in [5.74, 6) is -1.20. The summed E-state index contributed by atoms with van der Waals surface area (Å²) in [4.78, 5) is 27.1. The van der Waals surface area contributed by atoms with Crippen LogP contribution in [0.2, 0.25) is 0 Å². The van der Waals surface area contributed by atoms with Gasteiger partial charge in [0.15, 0.2) is 0 Å².